The number of nitrogens with two attached hydrogens (primary N) is 1. The van der Waals surface area contributed by atoms with Crippen molar-refractivity contribution in [2.75, 3.05) is 6.54 Å². The Labute approximate surface area is 88.9 Å². The number of halogens is 2. The smallest absolute Gasteiger partial charge is 0.151 e. The van der Waals surface area contributed by atoms with Gasteiger partial charge in [-0.05, 0) is 28.5 Å². The molecule has 5 heteroatoms. The minimum absolute atomic E-state index is 0.291. The topological polar surface area (TPSA) is 43.3 Å². The monoisotopic (exact) mass is 257 g/mol. The molecule has 2 N–H and O–H groups in total. The summed E-state index contributed by atoms with van der Waals surface area (Å²) in [6.45, 7) is 0.530. The molecule has 0 aliphatic rings. The number of imidazole rings is 1. The van der Waals surface area contributed by atoms with Crippen molar-refractivity contribution in [2.24, 2.45) is 5.73 Å². The van der Waals surface area contributed by atoms with E-state index >= 15 is 0 Å². The van der Waals surface area contributed by atoms with Crippen LogP contribution in [0.1, 0.15) is 5.69 Å². The highest BCUT2D eigenvalue weighted by Crippen LogP contribution is 2.19. The molecule has 2 rings (SSSR count). The van der Waals surface area contributed by atoms with Crippen molar-refractivity contribution in [3.05, 3.63) is 34.4 Å². The van der Waals surface area contributed by atoms with E-state index in [2.05, 4.69) is 20.9 Å². The standard InChI is InChI=1S/C9H9BrFN3/c10-8-3-6(11)5-14-7(1-2-12)4-13-9(8)14/h3-5H,1-2,12H2. The Morgan fingerprint density at radius 3 is 3.07 bits per heavy atom. The Balaban J connectivity index is 2.66. The second kappa shape index (κ2) is 3.67. The van der Waals surface area contributed by atoms with Crippen molar-refractivity contribution in [3.8, 4) is 0 Å². The molecule has 74 valence electrons. The summed E-state index contributed by atoms with van der Waals surface area (Å²) >= 11 is 3.26. The van der Waals surface area contributed by atoms with E-state index in [0.717, 1.165) is 11.3 Å². The normalized spacial score (nSPS) is 11.1. The summed E-state index contributed by atoms with van der Waals surface area (Å²) in [5, 5.41) is 0. The average Bonchev–Trinajstić information content (AvgIpc) is 2.49. The third-order valence-corrected chi connectivity index (χ3v) is 2.59. The quantitative estimate of drug-likeness (QED) is 0.891. The van der Waals surface area contributed by atoms with E-state index in [-0.39, 0.29) is 5.82 Å². The van der Waals surface area contributed by atoms with Crippen molar-refractivity contribution in [3.63, 3.8) is 0 Å². The number of hydrogen-bond acceptors (Lipinski definition) is 2. The second-order valence-corrected chi connectivity index (χ2v) is 3.84. The van der Waals surface area contributed by atoms with Crippen LogP contribution in [0.25, 0.3) is 5.65 Å². The second-order valence-electron chi connectivity index (χ2n) is 2.99. The van der Waals surface area contributed by atoms with Crippen LogP contribution < -0.4 is 5.73 Å². The Bertz CT molecular complexity index is 466. The molecule has 0 aliphatic heterocycles. The highest BCUT2D eigenvalue weighted by atomic mass is 79.9. The molecule has 0 aliphatic carbocycles. The lowest BCUT2D eigenvalue weighted by molar-refractivity contribution is 0.616. The number of fused-ring (bicyclic) bond motifs is 1. The first-order valence-electron chi connectivity index (χ1n) is 4.23. The fourth-order valence-electron chi connectivity index (χ4n) is 1.40. The first kappa shape index (κ1) is 9.61. The van der Waals surface area contributed by atoms with E-state index < -0.39 is 0 Å². The summed E-state index contributed by atoms with van der Waals surface area (Å²) in [4.78, 5) is 4.17. The summed E-state index contributed by atoms with van der Waals surface area (Å²) in [6.07, 6.45) is 3.82. The first-order chi connectivity index (χ1) is 6.72. The molecule has 0 spiro atoms. The van der Waals surface area contributed by atoms with Crippen LogP contribution in [0, 0.1) is 5.82 Å². The minimum Gasteiger partial charge on any atom is -0.330 e. The molecule has 0 atom stereocenters. The molecular weight excluding hydrogens is 249 g/mol. The van der Waals surface area contributed by atoms with Gasteiger partial charge in [0.2, 0.25) is 0 Å². The Morgan fingerprint density at radius 1 is 1.57 bits per heavy atom. The Kier molecular flexibility index (Phi) is 2.52. The minimum atomic E-state index is -0.291. The lowest BCUT2D eigenvalue weighted by Crippen LogP contribution is -2.05. The van der Waals surface area contributed by atoms with Crippen molar-refractivity contribution in [1.29, 1.82) is 0 Å². The van der Waals surface area contributed by atoms with Crippen LogP contribution in [0.5, 0.6) is 0 Å². The van der Waals surface area contributed by atoms with Gasteiger partial charge in [0.1, 0.15) is 5.82 Å². The first-order valence-corrected chi connectivity index (χ1v) is 5.02. The molecule has 0 fully saturated rings. The molecule has 0 saturated heterocycles. The fourth-order valence-corrected chi connectivity index (χ4v) is 1.91. The van der Waals surface area contributed by atoms with Crippen LogP contribution >= 0.6 is 15.9 Å². The predicted octanol–water partition coefficient (Wildman–Crippen LogP) is 1.74. The van der Waals surface area contributed by atoms with Gasteiger partial charge in [-0.3, -0.25) is 0 Å². The van der Waals surface area contributed by atoms with Gasteiger partial charge in [0.15, 0.2) is 5.65 Å². The lowest BCUT2D eigenvalue weighted by Gasteiger charge is -2.01. The highest BCUT2D eigenvalue weighted by Gasteiger charge is 2.07. The molecule has 0 radical (unpaired) electrons. The van der Waals surface area contributed by atoms with Gasteiger partial charge in [-0.2, -0.15) is 0 Å². The average molecular weight is 258 g/mol. The van der Waals surface area contributed by atoms with Crippen molar-refractivity contribution < 1.29 is 4.39 Å². The molecule has 14 heavy (non-hydrogen) atoms. The van der Waals surface area contributed by atoms with E-state index in [1.807, 2.05) is 0 Å². The van der Waals surface area contributed by atoms with Crippen LogP contribution in [-0.2, 0) is 6.42 Å². The van der Waals surface area contributed by atoms with E-state index in [1.54, 1.807) is 10.6 Å². The van der Waals surface area contributed by atoms with Crippen LogP contribution in [0.4, 0.5) is 4.39 Å². The Hall–Kier alpha value is -0.940. The third-order valence-electron chi connectivity index (χ3n) is 2.00. The maximum Gasteiger partial charge on any atom is 0.151 e. The number of nitrogens with zero attached hydrogens (tertiary/aromatic N) is 2. The molecule has 2 heterocycles. The summed E-state index contributed by atoms with van der Waals surface area (Å²) < 4.78 is 15.5. The van der Waals surface area contributed by atoms with Gasteiger partial charge in [0, 0.05) is 24.5 Å². The lowest BCUT2D eigenvalue weighted by atomic mass is 10.3. The number of aromatic nitrogens is 2. The molecule has 2 aromatic rings. The van der Waals surface area contributed by atoms with Gasteiger partial charge in [-0.15, -0.1) is 0 Å². The molecule has 0 saturated carbocycles. The highest BCUT2D eigenvalue weighted by molar-refractivity contribution is 9.10. The van der Waals surface area contributed by atoms with Crippen molar-refractivity contribution in [1.82, 2.24) is 9.38 Å². The molecule has 0 amide bonds. The van der Waals surface area contributed by atoms with Crippen LogP contribution in [0.2, 0.25) is 0 Å². The summed E-state index contributed by atoms with van der Waals surface area (Å²) in [5.41, 5.74) is 7.08. The zero-order valence-electron chi connectivity index (χ0n) is 7.37. The zero-order valence-corrected chi connectivity index (χ0v) is 8.96. The van der Waals surface area contributed by atoms with Crippen LogP contribution in [0.15, 0.2) is 22.9 Å². The van der Waals surface area contributed by atoms with E-state index in [0.29, 0.717) is 17.4 Å². The van der Waals surface area contributed by atoms with Gasteiger partial charge < -0.3 is 10.1 Å². The van der Waals surface area contributed by atoms with Gasteiger partial charge in [0.05, 0.1) is 4.47 Å². The number of hydrogen-bond donors (Lipinski definition) is 1. The summed E-state index contributed by atoms with van der Waals surface area (Å²) in [7, 11) is 0. The predicted molar refractivity (Wildman–Crippen MR) is 55.6 cm³/mol. The summed E-state index contributed by atoms with van der Waals surface area (Å²) in [6, 6.07) is 1.40. The SMILES string of the molecule is NCCc1cnc2c(Br)cc(F)cn12. The van der Waals surface area contributed by atoms with Crippen LogP contribution in [-0.4, -0.2) is 15.9 Å². The molecular formula is C9H9BrFN3. The number of rotatable bonds is 2. The summed E-state index contributed by atoms with van der Waals surface area (Å²) in [5.74, 6) is -0.291. The van der Waals surface area contributed by atoms with E-state index in [1.165, 1.54) is 12.3 Å². The van der Waals surface area contributed by atoms with Crippen LogP contribution in [0.3, 0.4) is 0 Å². The van der Waals surface area contributed by atoms with Gasteiger partial charge in [-0.1, -0.05) is 0 Å². The Morgan fingerprint density at radius 2 is 2.36 bits per heavy atom. The van der Waals surface area contributed by atoms with E-state index in [9.17, 15) is 4.39 Å². The largest absolute Gasteiger partial charge is 0.330 e. The molecule has 3 nitrogen and oxygen atoms in total. The molecule has 0 aromatic carbocycles. The maximum atomic E-state index is 13.1. The van der Waals surface area contributed by atoms with Gasteiger partial charge in [-0.25, -0.2) is 9.37 Å². The number of pyridine rings is 1. The van der Waals surface area contributed by atoms with Gasteiger partial charge in [0.25, 0.3) is 0 Å². The van der Waals surface area contributed by atoms with Crippen molar-refractivity contribution >= 4 is 21.6 Å². The molecule has 0 bridgehead atoms. The maximum absolute atomic E-state index is 13.1. The van der Waals surface area contributed by atoms with E-state index in [4.69, 9.17) is 5.73 Å². The third kappa shape index (κ3) is 1.53. The van der Waals surface area contributed by atoms with Gasteiger partial charge >= 0.3 is 0 Å². The van der Waals surface area contributed by atoms with Crippen molar-refractivity contribution in [2.45, 2.75) is 6.42 Å². The molecule has 2 aromatic heterocycles. The zero-order chi connectivity index (χ0) is 10.1. The fraction of sp³-hybridized carbons (Fsp3) is 0.222. The molecule has 0 unspecified atom stereocenters.